The molecule has 0 aliphatic carbocycles. The normalized spacial score (nSPS) is 11.0. The number of amides is 3. The van der Waals surface area contributed by atoms with Gasteiger partial charge in [0.1, 0.15) is 17.3 Å². The van der Waals surface area contributed by atoms with Crippen molar-refractivity contribution in [3.63, 3.8) is 0 Å². The SMILES string of the molecule is O=C(CSc1ccc(NC(=O)/C(=C/c2ccc(F)cc2)NC(=O)c2ccccc2)cc1)Nc1ccc(F)c(Cl)c1. The third-order valence-electron chi connectivity index (χ3n) is 5.40. The van der Waals surface area contributed by atoms with Gasteiger partial charge in [-0.15, -0.1) is 11.8 Å². The minimum Gasteiger partial charge on any atom is -0.325 e. The molecule has 0 atom stereocenters. The quantitative estimate of drug-likeness (QED) is 0.152. The molecule has 0 saturated heterocycles. The van der Waals surface area contributed by atoms with Crippen molar-refractivity contribution in [3.8, 4) is 0 Å². The second-order valence-electron chi connectivity index (χ2n) is 8.37. The van der Waals surface area contributed by atoms with Gasteiger partial charge in [-0.1, -0.05) is 41.9 Å². The number of halogens is 3. The molecule has 3 amide bonds. The summed E-state index contributed by atoms with van der Waals surface area (Å²) in [6.45, 7) is 0. The summed E-state index contributed by atoms with van der Waals surface area (Å²) >= 11 is 7.01. The summed E-state index contributed by atoms with van der Waals surface area (Å²) in [5.41, 5.74) is 1.70. The lowest BCUT2D eigenvalue weighted by Gasteiger charge is -2.12. The number of rotatable bonds is 9. The predicted octanol–water partition coefficient (Wildman–Crippen LogP) is 6.76. The number of nitrogens with one attached hydrogen (secondary N) is 3. The zero-order valence-corrected chi connectivity index (χ0v) is 22.4. The van der Waals surface area contributed by atoms with E-state index < -0.39 is 23.4 Å². The van der Waals surface area contributed by atoms with Gasteiger partial charge in [0.05, 0.1) is 10.8 Å². The number of anilines is 2. The number of carbonyl (C=O) groups excluding carboxylic acids is 3. The molecular formula is C30H22ClF2N3O3S. The molecule has 0 aliphatic heterocycles. The molecule has 0 bridgehead atoms. The van der Waals surface area contributed by atoms with Crippen LogP contribution in [0.2, 0.25) is 5.02 Å². The molecule has 4 aromatic carbocycles. The first kappa shape index (κ1) is 28.5. The van der Waals surface area contributed by atoms with E-state index in [2.05, 4.69) is 16.0 Å². The highest BCUT2D eigenvalue weighted by atomic mass is 35.5. The Labute approximate surface area is 238 Å². The highest BCUT2D eigenvalue weighted by Crippen LogP contribution is 2.23. The van der Waals surface area contributed by atoms with E-state index in [0.29, 0.717) is 22.5 Å². The van der Waals surface area contributed by atoms with Crippen molar-refractivity contribution in [2.24, 2.45) is 0 Å². The molecule has 0 aromatic heterocycles. The van der Waals surface area contributed by atoms with Crippen LogP contribution >= 0.6 is 23.4 Å². The molecule has 10 heteroatoms. The first-order valence-corrected chi connectivity index (χ1v) is 13.3. The Morgan fingerprint density at radius 3 is 2.15 bits per heavy atom. The Kier molecular flexibility index (Phi) is 9.66. The number of hydrogen-bond acceptors (Lipinski definition) is 4. The molecule has 0 radical (unpaired) electrons. The Hall–Kier alpha value is -4.47. The number of benzene rings is 4. The van der Waals surface area contributed by atoms with Gasteiger partial charge in [-0.25, -0.2) is 8.78 Å². The first-order chi connectivity index (χ1) is 19.3. The van der Waals surface area contributed by atoms with Crippen LogP contribution in [0.4, 0.5) is 20.2 Å². The fourth-order valence-electron chi connectivity index (χ4n) is 3.42. The van der Waals surface area contributed by atoms with Crippen LogP contribution < -0.4 is 16.0 Å². The van der Waals surface area contributed by atoms with Crippen LogP contribution in [0.15, 0.2) is 108 Å². The molecule has 0 fully saturated rings. The smallest absolute Gasteiger partial charge is 0.272 e. The Bertz CT molecular complexity index is 1550. The molecule has 0 saturated carbocycles. The summed E-state index contributed by atoms with van der Waals surface area (Å²) < 4.78 is 26.6. The zero-order valence-electron chi connectivity index (χ0n) is 20.8. The Balaban J connectivity index is 1.39. The van der Waals surface area contributed by atoms with Gasteiger partial charge in [-0.3, -0.25) is 14.4 Å². The number of hydrogen-bond donors (Lipinski definition) is 3. The fourth-order valence-corrected chi connectivity index (χ4v) is 4.30. The standard InChI is InChI=1S/C30H22ClF2N3O3S/c31-25-17-23(12-15-26(25)33)34-28(37)18-40-24-13-10-22(11-14-24)35-30(39)27(16-19-6-8-21(32)9-7-19)36-29(38)20-4-2-1-3-5-20/h1-17H,18H2,(H,34,37)(H,35,39)(H,36,38)/b27-16-. The summed E-state index contributed by atoms with van der Waals surface area (Å²) in [6, 6.07) is 24.6. The van der Waals surface area contributed by atoms with Crippen LogP contribution in [0.25, 0.3) is 6.08 Å². The van der Waals surface area contributed by atoms with Crippen LogP contribution in [-0.2, 0) is 9.59 Å². The van der Waals surface area contributed by atoms with E-state index in [-0.39, 0.29) is 22.4 Å². The minimum atomic E-state index is -0.577. The fraction of sp³-hybridized carbons (Fsp3) is 0.0333. The maximum absolute atomic E-state index is 13.3. The maximum Gasteiger partial charge on any atom is 0.272 e. The average Bonchev–Trinajstić information content (AvgIpc) is 2.96. The van der Waals surface area contributed by atoms with Crippen LogP contribution in [0.3, 0.4) is 0 Å². The summed E-state index contributed by atoms with van der Waals surface area (Å²) in [6.07, 6.45) is 1.45. The van der Waals surface area contributed by atoms with Gasteiger partial charge in [-0.2, -0.15) is 0 Å². The van der Waals surface area contributed by atoms with Crippen molar-refractivity contribution in [1.29, 1.82) is 0 Å². The Morgan fingerprint density at radius 2 is 1.48 bits per heavy atom. The van der Waals surface area contributed by atoms with E-state index in [9.17, 15) is 23.2 Å². The highest BCUT2D eigenvalue weighted by molar-refractivity contribution is 8.00. The monoisotopic (exact) mass is 577 g/mol. The number of thioether (sulfide) groups is 1. The van der Waals surface area contributed by atoms with Crippen molar-refractivity contribution in [1.82, 2.24) is 5.32 Å². The van der Waals surface area contributed by atoms with E-state index in [0.717, 1.165) is 4.90 Å². The van der Waals surface area contributed by atoms with Crippen molar-refractivity contribution < 1.29 is 23.2 Å². The molecule has 4 aromatic rings. The molecular weight excluding hydrogens is 556 g/mol. The predicted molar refractivity (Wildman–Crippen MR) is 154 cm³/mol. The largest absolute Gasteiger partial charge is 0.325 e. The van der Waals surface area contributed by atoms with Gasteiger partial charge in [0.25, 0.3) is 11.8 Å². The summed E-state index contributed by atoms with van der Waals surface area (Å²) in [4.78, 5) is 38.8. The molecule has 0 aliphatic rings. The minimum absolute atomic E-state index is 0.0310. The molecule has 40 heavy (non-hydrogen) atoms. The van der Waals surface area contributed by atoms with Crippen molar-refractivity contribution in [3.05, 3.63) is 131 Å². The van der Waals surface area contributed by atoms with Crippen LogP contribution in [0.5, 0.6) is 0 Å². The van der Waals surface area contributed by atoms with E-state index in [4.69, 9.17) is 11.6 Å². The molecule has 0 spiro atoms. The van der Waals surface area contributed by atoms with Crippen LogP contribution in [-0.4, -0.2) is 23.5 Å². The summed E-state index contributed by atoms with van der Waals surface area (Å²) in [5, 5.41) is 7.93. The van der Waals surface area contributed by atoms with Gasteiger partial charge >= 0.3 is 0 Å². The van der Waals surface area contributed by atoms with Gasteiger partial charge in [0, 0.05) is 21.8 Å². The first-order valence-electron chi connectivity index (χ1n) is 11.9. The molecule has 0 unspecified atom stereocenters. The molecule has 4 rings (SSSR count). The molecule has 3 N–H and O–H groups in total. The van der Waals surface area contributed by atoms with Crippen molar-refractivity contribution in [2.45, 2.75) is 4.90 Å². The van der Waals surface area contributed by atoms with Crippen LogP contribution in [0.1, 0.15) is 15.9 Å². The Morgan fingerprint density at radius 1 is 0.800 bits per heavy atom. The lowest BCUT2D eigenvalue weighted by Crippen LogP contribution is -2.30. The second kappa shape index (κ2) is 13.5. The van der Waals surface area contributed by atoms with Gasteiger partial charge in [0.15, 0.2) is 0 Å². The van der Waals surface area contributed by atoms with Gasteiger partial charge in [0.2, 0.25) is 5.91 Å². The lowest BCUT2D eigenvalue weighted by molar-refractivity contribution is -0.114. The maximum atomic E-state index is 13.3. The van der Waals surface area contributed by atoms with E-state index >= 15 is 0 Å². The lowest BCUT2D eigenvalue weighted by atomic mass is 10.1. The molecule has 6 nitrogen and oxygen atoms in total. The summed E-state index contributed by atoms with van der Waals surface area (Å²) in [7, 11) is 0. The third-order valence-corrected chi connectivity index (χ3v) is 6.70. The zero-order chi connectivity index (χ0) is 28.5. The van der Waals surface area contributed by atoms with E-state index in [1.54, 1.807) is 54.6 Å². The summed E-state index contributed by atoms with van der Waals surface area (Å²) in [5.74, 6) is -2.25. The van der Waals surface area contributed by atoms with Crippen LogP contribution in [0, 0.1) is 11.6 Å². The topological polar surface area (TPSA) is 87.3 Å². The van der Waals surface area contributed by atoms with E-state index in [1.807, 2.05) is 0 Å². The average molecular weight is 578 g/mol. The van der Waals surface area contributed by atoms with Gasteiger partial charge < -0.3 is 16.0 Å². The number of carbonyl (C=O) groups is 3. The molecule has 0 heterocycles. The molecule has 202 valence electrons. The van der Waals surface area contributed by atoms with Crippen molar-refractivity contribution >= 4 is 58.5 Å². The van der Waals surface area contributed by atoms with Crippen molar-refractivity contribution in [2.75, 3.05) is 16.4 Å². The van der Waals surface area contributed by atoms with Gasteiger partial charge in [-0.05, 0) is 78.4 Å². The third kappa shape index (κ3) is 8.26. The van der Waals surface area contributed by atoms with E-state index in [1.165, 1.54) is 60.3 Å². The second-order valence-corrected chi connectivity index (χ2v) is 9.83. The highest BCUT2D eigenvalue weighted by Gasteiger charge is 2.15.